The number of fused-ring (bicyclic) bond motifs is 1. The molecule has 1 fully saturated rings. The highest BCUT2D eigenvalue weighted by molar-refractivity contribution is 6.30. The van der Waals surface area contributed by atoms with E-state index in [0.29, 0.717) is 34.6 Å². The Hall–Kier alpha value is -3.64. The van der Waals surface area contributed by atoms with E-state index in [4.69, 9.17) is 21.5 Å². The van der Waals surface area contributed by atoms with Gasteiger partial charge in [-0.05, 0) is 42.7 Å². The number of hydrogen-bond donors (Lipinski definition) is 4. The lowest BCUT2D eigenvalue weighted by Gasteiger charge is -2.34. The first kappa shape index (κ1) is 27.0. The first-order valence-corrected chi connectivity index (χ1v) is 11.1. The molecule has 1 aliphatic rings. The van der Waals surface area contributed by atoms with Gasteiger partial charge in [0.1, 0.15) is 5.52 Å². The zero-order valence-electron chi connectivity index (χ0n) is 18.6. The third-order valence-corrected chi connectivity index (χ3v) is 5.75. The van der Waals surface area contributed by atoms with E-state index in [9.17, 15) is 27.9 Å². The number of carboxylic acid groups (broad SMARTS) is 1. The molecule has 13 heteroatoms. The quantitative estimate of drug-likeness (QED) is 0.409. The summed E-state index contributed by atoms with van der Waals surface area (Å²) >= 11 is 5.86. The van der Waals surface area contributed by atoms with E-state index in [0.717, 1.165) is 18.5 Å². The van der Waals surface area contributed by atoms with Crippen molar-refractivity contribution in [1.29, 1.82) is 0 Å². The van der Waals surface area contributed by atoms with Crippen molar-refractivity contribution in [3.63, 3.8) is 0 Å². The zero-order chi connectivity index (χ0) is 26.5. The Morgan fingerprint density at radius 3 is 2.33 bits per heavy atom. The maximum Gasteiger partial charge on any atom is 0.490 e. The van der Waals surface area contributed by atoms with Crippen LogP contribution < -0.4 is 10.9 Å². The molecule has 1 saturated heterocycles. The van der Waals surface area contributed by atoms with Crippen LogP contribution in [0.4, 0.5) is 18.9 Å². The van der Waals surface area contributed by atoms with Crippen molar-refractivity contribution in [2.24, 2.45) is 0 Å². The molecule has 1 aliphatic heterocycles. The molecule has 0 radical (unpaired) electrons. The third-order valence-electron chi connectivity index (χ3n) is 5.50. The average Bonchev–Trinajstić information content (AvgIpc) is 2.84. The molecule has 1 unspecified atom stereocenters. The van der Waals surface area contributed by atoms with E-state index in [2.05, 4.69) is 15.3 Å². The summed E-state index contributed by atoms with van der Waals surface area (Å²) < 4.78 is 31.7. The van der Waals surface area contributed by atoms with Crippen LogP contribution in [0.15, 0.2) is 53.6 Å². The van der Waals surface area contributed by atoms with Gasteiger partial charge in [-0.1, -0.05) is 29.8 Å². The number of halogens is 4. The highest BCUT2D eigenvalue weighted by Gasteiger charge is 2.38. The average molecular weight is 527 g/mol. The predicted molar refractivity (Wildman–Crippen MR) is 126 cm³/mol. The highest BCUT2D eigenvalue weighted by atomic mass is 35.5. The van der Waals surface area contributed by atoms with Gasteiger partial charge in [0, 0.05) is 24.2 Å². The Balaban J connectivity index is 0.000000454. The molecule has 2 heterocycles. The highest BCUT2D eigenvalue weighted by Crippen LogP contribution is 2.24. The topological polar surface area (TPSA) is 136 Å². The number of likely N-dealkylation sites (tertiary alicyclic amines) is 1. The monoisotopic (exact) mass is 526 g/mol. The molecule has 1 aromatic heterocycles. The fourth-order valence-electron chi connectivity index (χ4n) is 3.64. The molecule has 4 rings (SSSR count). The number of aromatic amines is 1. The van der Waals surface area contributed by atoms with E-state index in [1.165, 1.54) is 6.33 Å². The summed E-state index contributed by atoms with van der Waals surface area (Å²) in [5.41, 5.74) is 1.80. The smallest absolute Gasteiger partial charge is 0.475 e. The van der Waals surface area contributed by atoms with Crippen LogP contribution >= 0.6 is 11.6 Å². The first-order valence-electron chi connectivity index (χ1n) is 10.7. The summed E-state index contributed by atoms with van der Waals surface area (Å²) in [7, 11) is 0. The number of aromatic nitrogens is 2. The summed E-state index contributed by atoms with van der Waals surface area (Å²) in [6.07, 6.45) is -3.40. The first-order chi connectivity index (χ1) is 17.0. The molecule has 1 atom stereocenters. The Labute approximate surface area is 207 Å². The number of rotatable bonds is 4. The number of aliphatic hydroxyl groups excluding tert-OH is 1. The van der Waals surface area contributed by atoms with Crippen molar-refractivity contribution in [2.45, 2.75) is 31.2 Å². The molecular formula is C23H22ClF3N4O5. The molecule has 4 N–H and O–H groups in total. The number of benzene rings is 2. The molecule has 192 valence electrons. The van der Waals surface area contributed by atoms with Crippen LogP contribution in [0, 0.1) is 0 Å². The minimum absolute atomic E-state index is 0.151. The number of carbonyl (C=O) groups excluding carboxylic acids is 1. The zero-order valence-corrected chi connectivity index (χ0v) is 19.4. The van der Waals surface area contributed by atoms with E-state index in [-0.39, 0.29) is 17.5 Å². The molecule has 0 spiro atoms. The van der Waals surface area contributed by atoms with Crippen LogP contribution in [0.1, 0.15) is 24.5 Å². The van der Waals surface area contributed by atoms with Crippen LogP contribution in [0.2, 0.25) is 5.02 Å². The lowest BCUT2D eigenvalue weighted by Crippen LogP contribution is -2.44. The maximum atomic E-state index is 12.6. The largest absolute Gasteiger partial charge is 0.490 e. The molecule has 1 amide bonds. The Kier molecular flexibility index (Phi) is 8.53. The number of nitrogens with one attached hydrogen (secondary N) is 2. The van der Waals surface area contributed by atoms with Crippen LogP contribution in [-0.2, 0) is 9.59 Å². The SMILES string of the molecule is O=C(C(O)c1ccc(Cl)cc1)N1CCC(Nc2cccc3c(=O)[nH]cnc23)CC1.O=C(O)C(F)(F)F. The van der Waals surface area contributed by atoms with Crippen molar-refractivity contribution in [1.82, 2.24) is 14.9 Å². The van der Waals surface area contributed by atoms with Gasteiger partial charge in [0.15, 0.2) is 6.10 Å². The van der Waals surface area contributed by atoms with Gasteiger partial charge in [-0.3, -0.25) is 9.59 Å². The molecule has 0 aliphatic carbocycles. The van der Waals surface area contributed by atoms with Gasteiger partial charge in [0.05, 0.1) is 17.4 Å². The normalized spacial score (nSPS) is 15.1. The number of para-hydroxylation sites is 1. The number of nitrogens with zero attached hydrogens (tertiary/aromatic N) is 2. The second-order valence-corrected chi connectivity index (χ2v) is 8.37. The number of aliphatic hydroxyl groups is 1. The number of H-pyrrole nitrogens is 1. The number of alkyl halides is 3. The predicted octanol–water partition coefficient (Wildman–Crippen LogP) is 3.35. The number of aliphatic carboxylic acids is 1. The molecule has 3 aromatic rings. The lowest BCUT2D eigenvalue weighted by atomic mass is 10.0. The van der Waals surface area contributed by atoms with Crippen LogP contribution in [0.25, 0.3) is 10.9 Å². The second-order valence-electron chi connectivity index (χ2n) is 7.93. The molecular weight excluding hydrogens is 505 g/mol. The fraction of sp³-hybridized carbons (Fsp3) is 0.304. The van der Waals surface area contributed by atoms with Crippen LogP contribution in [0.5, 0.6) is 0 Å². The number of amides is 1. The van der Waals surface area contributed by atoms with Gasteiger partial charge < -0.3 is 25.4 Å². The molecule has 2 aromatic carbocycles. The van der Waals surface area contributed by atoms with Gasteiger partial charge in [-0.2, -0.15) is 13.2 Å². The van der Waals surface area contributed by atoms with Crippen molar-refractivity contribution >= 4 is 40.1 Å². The summed E-state index contributed by atoms with van der Waals surface area (Å²) in [6, 6.07) is 12.3. The Morgan fingerprint density at radius 1 is 1.14 bits per heavy atom. The van der Waals surface area contributed by atoms with E-state index in [1.54, 1.807) is 35.2 Å². The number of carbonyl (C=O) groups is 2. The van der Waals surface area contributed by atoms with Gasteiger partial charge in [0.25, 0.3) is 11.5 Å². The van der Waals surface area contributed by atoms with E-state index < -0.39 is 18.2 Å². The van der Waals surface area contributed by atoms with Gasteiger partial charge >= 0.3 is 12.1 Å². The minimum Gasteiger partial charge on any atom is -0.475 e. The lowest BCUT2D eigenvalue weighted by molar-refractivity contribution is -0.192. The van der Waals surface area contributed by atoms with Crippen molar-refractivity contribution in [3.8, 4) is 0 Å². The molecule has 0 saturated carbocycles. The minimum atomic E-state index is -5.08. The number of anilines is 1. The molecule has 9 nitrogen and oxygen atoms in total. The van der Waals surface area contributed by atoms with Gasteiger partial charge in [-0.15, -0.1) is 0 Å². The van der Waals surface area contributed by atoms with E-state index >= 15 is 0 Å². The fourth-order valence-corrected chi connectivity index (χ4v) is 3.77. The Bertz CT molecular complexity index is 1280. The standard InChI is InChI=1S/C21H21ClN4O3.C2HF3O2/c22-14-6-4-13(5-7-14)19(27)21(29)26-10-8-15(9-11-26)25-17-3-1-2-16-18(17)23-12-24-20(16)28;3-2(4,5)1(6)7/h1-7,12,15,19,25,27H,8-11H2,(H,23,24,28);(H,6,7). The third kappa shape index (κ3) is 6.73. The van der Waals surface area contributed by atoms with Crippen molar-refractivity contribution in [3.05, 3.63) is 69.7 Å². The van der Waals surface area contributed by atoms with Crippen molar-refractivity contribution < 1.29 is 33.0 Å². The van der Waals surface area contributed by atoms with E-state index in [1.807, 2.05) is 12.1 Å². The van der Waals surface area contributed by atoms with Gasteiger partial charge in [-0.25, -0.2) is 9.78 Å². The van der Waals surface area contributed by atoms with Crippen LogP contribution in [0.3, 0.4) is 0 Å². The summed E-state index contributed by atoms with van der Waals surface area (Å²) in [4.78, 5) is 42.0. The number of piperidine rings is 1. The van der Waals surface area contributed by atoms with Crippen molar-refractivity contribution in [2.75, 3.05) is 18.4 Å². The van der Waals surface area contributed by atoms with Gasteiger partial charge in [0.2, 0.25) is 0 Å². The number of hydrogen-bond acceptors (Lipinski definition) is 6. The molecule has 0 bridgehead atoms. The maximum absolute atomic E-state index is 12.6. The summed E-state index contributed by atoms with van der Waals surface area (Å²) in [6.45, 7) is 1.08. The second kappa shape index (κ2) is 11.4. The number of carboxylic acids is 1. The molecule has 36 heavy (non-hydrogen) atoms. The Morgan fingerprint density at radius 2 is 1.75 bits per heavy atom. The summed E-state index contributed by atoms with van der Waals surface area (Å²) in [5.74, 6) is -3.06. The summed E-state index contributed by atoms with van der Waals surface area (Å²) in [5, 5.41) is 22.1. The van der Waals surface area contributed by atoms with Crippen LogP contribution in [-0.4, -0.2) is 62.3 Å².